The van der Waals surface area contributed by atoms with Crippen LogP contribution in [0.15, 0.2) is 42.5 Å². The number of nitrogens with zero attached hydrogens (tertiary/aromatic N) is 4. The van der Waals surface area contributed by atoms with Crippen LogP contribution in [0.1, 0.15) is 112 Å². The summed E-state index contributed by atoms with van der Waals surface area (Å²) in [6.45, 7) is 13.8. The minimum Gasteiger partial charge on any atom is -0.480 e. The predicted molar refractivity (Wildman–Crippen MR) is 255 cm³/mol. The number of amides is 7. The van der Waals surface area contributed by atoms with Gasteiger partial charge in [0.2, 0.25) is 29.5 Å². The van der Waals surface area contributed by atoms with Crippen LogP contribution in [-0.2, 0) is 54.3 Å². The van der Waals surface area contributed by atoms with Gasteiger partial charge in [-0.1, -0.05) is 91.6 Å². The summed E-state index contributed by atoms with van der Waals surface area (Å²) in [5, 5.41) is 15.7. The number of imide groups is 1. The van der Waals surface area contributed by atoms with Crippen LogP contribution in [0.5, 0.6) is 0 Å². The number of ether oxygens (including phenoxy) is 2. The first kappa shape index (κ1) is 55.4. The second kappa shape index (κ2) is 24.9. The molecule has 378 valence electrons. The highest BCUT2D eigenvalue weighted by Gasteiger charge is 2.56. The van der Waals surface area contributed by atoms with E-state index in [9.17, 15) is 43.5 Å². The van der Waals surface area contributed by atoms with Crippen molar-refractivity contribution >= 4 is 47.3 Å². The minimum absolute atomic E-state index is 0.0718. The molecule has 1 saturated carbocycles. The lowest BCUT2D eigenvalue weighted by Gasteiger charge is -2.41. The molecule has 3 aliphatic rings. The number of carboxylic acid groups (broad SMARTS) is 1. The van der Waals surface area contributed by atoms with Crippen molar-refractivity contribution in [1.29, 1.82) is 0 Å². The van der Waals surface area contributed by atoms with Crippen LogP contribution >= 0.6 is 0 Å². The van der Waals surface area contributed by atoms with E-state index in [1.54, 1.807) is 43.0 Å². The number of carboxylic acids is 1. The average Bonchev–Trinajstić information content (AvgIpc) is 3.85. The van der Waals surface area contributed by atoms with Gasteiger partial charge in [0.05, 0.1) is 36.6 Å². The van der Waals surface area contributed by atoms with Crippen molar-refractivity contribution in [3.05, 3.63) is 48.0 Å². The first-order valence-electron chi connectivity index (χ1n) is 24.4. The van der Waals surface area contributed by atoms with Gasteiger partial charge in [0.1, 0.15) is 18.1 Å². The molecule has 17 nitrogen and oxygen atoms in total. The van der Waals surface area contributed by atoms with Crippen molar-refractivity contribution < 1.29 is 52.9 Å². The molecule has 1 saturated heterocycles. The predicted octanol–water partition coefficient (Wildman–Crippen LogP) is 4.22. The summed E-state index contributed by atoms with van der Waals surface area (Å²) in [4.78, 5) is 113. The zero-order chi connectivity index (χ0) is 50.6. The van der Waals surface area contributed by atoms with E-state index in [0.717, 1.165) is 18.4 Å². The number of nitrogens with one attached hydrogen (secondary N) is 2. The number of hydrogen-bond donors (Lipinski definition) is 3. The van der Waals surface area contributed by atoms with E-state index in [-0.39, 0.29) is 78.5 Å². The average molecular weight is 951 g/mol. The number of likely N-dealkylation sites (N-methyl/N-ethyl adjacent to an activating group) is 2. The highest BCUT2D eigenvalue weighted by atomic mass is 16.5. The fraction of sp³-hybridized carbons (Fsp3) is 0.686. The Bertz CT molecular complexity index is 1950. The summed E-state index contributed by atoms with van der Waals surface area (Å²) >= 11 is 0. The second-order valence-corrected chi connectivity index (χ2v) is 20.1. The maximum atomic E-state index is 14.7. The third kappa shape index (κ3) is 14.0. The number of unbranched alkanes of at least 4 members (excludes halogenated alkanes) is 2. The summed E-state index contributed by atoms with van der Waals surface area (Å²) < 4.78 is 12.1. The SMILES string of the molecule is CC[C@H](C)C(C(CC(=O)N1CC2(CC2)C[C@H]1[C@H](OC)[C@@H](C)C(=O)NC(Cc1ccccc1)C(=O)O)OC)N(C)C(=O)[C@@H](NC(=O)[C@H](C(C)C)N(C)C(=O)CCCCCN1C(=O)C=CC1=O)C(C)C. The molecule has 2 aliphatic heterocycles. The maximum absolute atomic E-state index is 14.7. The standard InChI is InChI=1S/C51H78N6O11/c1-12-33(6)45(55(9)49(64)43(31(2)3)53-48(63)44(32(4)5)54(8)39(58)21-17-14-18-26-56-40(59)22-23-41(56)60)38(67-10)28-42(61)57-30-51(24-25-51)29-37(57)46(68-11)34(7)47(62)52-36(50(65)66)27-35-19-15-13-16-20-35/h13,15-16,19-20,22-23,31-34,36-38,43-46H,12,14,17-18,21,24-30H2,1-11H3,(H,52,62)(H,53,63)(H,65,66)/t33-,34+,36?,37-,38?,43-,44-,45?,46+/m0/s1. The smallest absolute Gasteiger partial charge is 0.326 e. The molecule has 1 spiro atoms. The third-order valence-electron chi connectivity index (χ3n) is 14.5. The Morgan fingerprint density at radius 1 is 0.838 bits per heavy atom. The lowest BCUT2D eigenvalue weighted by atomic mass is 9.89. The Balaban J connectivity index is 1.45. The van der Waals surface area contributed by atoms with Gasteiger partial charge in [-0.25, -0.2) is 4.79 Å². The molecule has 1 aliphatic carbocycles. The van der Waals surface area contributed by atoms with Crippen molar-refractivity contribution in [3.8, 4) is 0 Å². The molecule has 0 bridgehead atoms. The Kier molecular flexibility index (Phi) is 20.3. The number of carbonyl (C=O) groups is 8. The van der Waals surface area contributed by atoms with Gasteiger partial charge in [0, 0.05) is 66.4 Å². The van der Waals surface area contributed by atoms with Crippen LogP contribution in [0.25, 0.3) is 0 Å². The number of hydrogen-bond acceptors (Lipinski definition) is 10. The van der Waals surface area contributed by atoms with E-state index in [4.69, 9.17) is 9.47 Å². The van der Waals surface area contributed by atoms with Gasteiger partial charge in [-0.15, -0.1) is 0 Å². The van der Waals surface area contributed by atoms with Gasteiger partial charge in [-0.2, -0.15) is 0 Å². The molecule has 0 radical (unpaired) electrons. The van der Waals surface area contributed by atoms with Crippen LogP contribution in [0.2, 0.25) is 0 Å². The van der Waals surface area contributed by atoms with E-state index in [1.807, 2.05) is 59.7 Å². The molecular weight excluding hydrogens is 873 g/mol. The van der Waals surface area contributed by atoms with Crippen molar-refractivity contribution in [2.45, 2.75) is 155 Å². The Morgan fingerprint density at radius 3 is 2.00 bits per heavy atom. The van der Waals surface area contributed by atoms with E-state index in [1.165, 1.54) is 36.2 Å². The van der Waals surface area contributed by atoms with E-state index < -0.39 is 66.1 Å². The molecule has 1 aromatic carbocycles. The highest BCUT2D eigenvalue weighted by Crippen LogP contribution is 2.56. The number of benzene rings is 1. The summed E-state index contributed by atoms with van der Waals surface area (Å²) in [6.07, 6.45) is 6.00. The second-order valence-electron chi connectivity index (χ2n) is 20.1. The molecule has 2 fully saturated rings. The normalized spacial score (nSPS) is 19.9. The molecule has 0 aromatic heterocycles. The van der Waals surface area contributed by atoms with E-state index >= 15 is 0 Å². The molecule has 1 aromatic rings. The first-order chi connectivity index (χ1) is 32.1. The van der Waals surface area contributed by atoms with Crippen molar-refractivity contribution in [1.82, 2.24) is 30.2 Å². The zero-order valence-corrected chi connectivity index (χ0v) is 42.2. The first-order valence-corrected chi connectivity index (χ1v) is 24.4. The highest BCUT2D eigenvalue weighted by molar-refractivity contribution is 6.12. The van der Waals surface area contributed by atoms with Crippen LogP contribution in [-0.4, -0.2) is 156 Å². The van der Waals surface area contributed by atoms with Gasteiger partial charge >= 0.3 is 5.97 Å². The maximum Gasteiger partial charge on any atom is 0.326 e. The number of methoxy groups -OCH3 is 2. The van der Waals surface area contributed by atoms with Crippen molar-refractivity contribution in [3.63, 3.8) is 0 Å². The van der Waals surface area contributed by atoms with Crippen molar-refractivity contribution in [2.75, 3.05) is 41.4 Å². The van der Waals surface area contributed by atoms with Gasteiger partial charge in [-0.05, 0) is 60.8 Å². The lowest BCUT2D eigenvalue weighted by Crippen LogP contribution is -2.60. The molecule has 7 amide bonds. The van der Waals surface area contributed by atoms with Crippen LogP contribution in [0.3, 0.4) is 0 Å². The van der Waals surface area contributed by atoms with Gasteiger partial charge < -0.3 is 39.9 Å². The van der Waals surface area contributed by atoms with E-state index in [0.29, 0.717) is 38.6 Å². The summed E-state index contributed by atoms with van der Waals surface area (Å²) in [5.41, 5.74) is 0.672. The number of likely N-dealkylation sites (tertiary alicyclic amines) is 1. The van der Waals surface area contributed by atoms with Gasteiger partial charge in [-0.3, -0.25) is 38.5 Å². The fourth-order valence-corrected chi connectivity index (χ4v) is 10.0. The van der Waals surface area contributed by atoms with Crippen LogP contribution in [0.4, 0.5) is 0 Å². The van der Waals surface area contributed by atoms with Gasteiger partial charge in [0.25, 0.3) is 11.8 Å². The number of carbonyl (C=O) groups excluding carboxylic acids is 7. The molecular formula is C51H78N6O11. The minimum atomic E-state index is -1.16. The number of rotatable bonds is 27. The van der Waals surface area contributed by atoms with Gasteiger partial charge in [0.15, 0.2) is 0 Å². The van der Waals surface area contributed by atoms with Crippen molar-refractivity contribution in [2.24, 2.45) is 29.1 Å². The summed E-state index contributed by atoms with van der Waals surface area (Å²) in [5.74, 6) is -5.18. The van der Waals surface area contributed by atoms with E-state index in [2.05, 4.69) is 10.6 Å². The molecule has 3 N–H and O–H groups in total. The summed E-state index contributed by atoms with van der Waals surface area (Å²) in [7, 11) is 6.27. The monoisotopic (exact) mass is 951 g/mol. The zero-order valence-electron chi connectivity index (χ0n) is 42.2. The summed E-state index contributed by atoms with van der Waals surface area (Å²) in [6, 6.07) is 5.01. The molecule has 9 atom stereocenters. The topological polar surface area (TPSA) is 212 Å². The number of aliphatic carboxylic acids is 1. The Hall–Kier alpha value is -5.16. The molecule has 68 heavy (non-hydrogen) atoms. The Labute approximate surface area is 403 Å². The molecule has 17 heteroatoms. The molecule has 3 unspecified atom stereocenters. The largest absolute Gasteiger partial charge is 0.480 e. The van der Waals surface area contributed by atoms with Crippen LogP contribution < -0.4 is 10.6 Å². The third-order valence-corrected chi connectivity index (χ3v) is 14.5. The Morgan fingerprint density at radius 2 is 1.47 bits per heavy atom. The lowest BCUT2D eigenvalue weighted by molar-refractivity contribution is -0.149. The molecule has 2 heterocycles. The van der Waals surface area contributed by atoms with Crippen LogP contribution in [0, 0.1) is 29.1 Å². The molecule has 4 rings (SSSR count). The quantitative estimate of drug-likeness (QED) is 0.0840. The fourth-order valence-electron chi connectivity index (χ4n) is 10.0.